The van der Waals surface area contributed by atoms with Crippen molar-refractivity contribution in [2.45, 2.75) is 52.6 Å². The van der Waals surface area contributed by atoms with Gasteiger partial charge in [-0.25, -0.2) is 8.78 Å². The minimum atomic E-state index is -1.18. The number of nitrogens with one attached hydrogen (secondary N) is 1. The molecule has 2 aromatic rings. The summed E-state index contributed by atoms with van der Waals surface area (Å²) in [6, 6.07) is 1.70. The standard InChI is InChI=1S/C22H26F3N3O3/c1-11(2)7-14-10-28(17(8-12(3)4)21(29)26-14)22(30)19-18(25)20(31-27-19)13-5-6-15(23)16(24)9-13/h5-6,9,11-12,14,17H,7-8,10H2,1-4H3,(H,26,29). The Kier molecular flexibility index (Phi) is 6.71. The third kappa shape index (κ3) is 4.91. The summed E-state index contributed by atoms with van der Waals surface area (Å²) in [6.45, 7) is 8.07. The van der Waals surface area contributed by atoms with Gasteiger partial charge in [0.05, 0.1) is 0 Å². The zero-order valence-corrected chi connectivity index (χ0v) is 17.9. The van der Waals surface area contributed by atoms with Crippen LogP contribution >= 0.6 is 0 Å². The Balaban J connectivity index is 1.93. The molecule has 9 heteroatoms. The number of benzene rings is 1. The van der Waals surface area contributed by atoms with E-state index < -0.39 is 40.9 Å². The molecule has 1 N–H and O–H groups in total. The molecule has 6 nitrogen and oxygen atoms in total. The lowest BCUT2D eigenvalue weighted by molar-refractivity contribution is -0.130. The predicted octanol–water partition coefficient (Wildman–Crippen LogP) is 4.16. The summed E-state index contributed by atoms with van der Waals surface area (Å²) in [7, 11) is 0. The van der Waals surface area contributed by atoms with Crippen molar-refractivity contribution in [3.8, 4) is 11.3 Å². The van der Waals surface area contributed by atoms with Crippen LogP contribution in [0.25, 0.3) is 11.3 Å². The summed E-state index contributed by atoms with van der Waals surface area (Å²) < 4.78 is 46.7. The van der Waals surface area contributed by atoms with Gasteiger partial charge in [0.2, 0.25) is 23.2 Å². The van der Waals surface area contributed by atoms with E-state index in [1.165, 1.54) is 4.90 Å². The Morgan fingerprint density at radius 1 is 1.16 bits per heavy atom. The highest BCUT2D eigenvalue weighted by Crippen LogP contribution is 2.28. The van der Waals surface area contributed by atoms with Gasteiger partial charge in [0.25, 0.3) is 5.91 Å². The van der Waals surface area contributed by atoms with Gasteiger partial charge in [-0.3, -0.25) is 9.59 Å². The summed E-state index contributed by atoms with van der Waals surface area (Å²) in [4.78, 5) is 27.3. The van der Waals surface area contributed by atoms with Crippen molar-refractivity contribution in [2.75, 3.05) is 6.54 Å². The fourth-order valence-electron chi connectivity index (χ4n) is 3.82. The molecule has 2 unspecified atom stereocenters. The summed E-state index contributed by atoms with van der Waals surface area (Å²) in [5, 5.41) is 6.50. The second-order valence-corrected chi connectivity index (χ2v) is 8.74. The van der Waals surface area contributed by atoms with Crippen LogP contribution in [0.4, 0.5) is 13.2 Å². The molecule has 3 rings (SSSR count). The Hall–Kier alpha value is -2.84. The van der Waals surface area contributed by atoms with E-state index in [-0.39, 0.29) is 35.9 Å². The second kappa shape index (κ2) is 9.11. The van der Waals surface area contributed by atoms with E-state index in [9.17, 15) is 18.4 Å². The van der Waals surface area contributed by atoms with E-state index in [4.69, 9.17) is 4.52 Å². The van der Waals surface area contributed by atoms with E-state index in [1.54, 1.807) is 0 Å². The third-order valence-electron chi connectivity index (χ3n) is 5.17. The predicted molar refractivity (Wildman–Crippen MR) is 107 cm³/mol. The fraction of sp³-hybridized carbons (Fsp3) is 0.500. The molecule has 31 heavy (non-hydrogen) atoms. The summed E-state index contributed by atoms with van der Waals surface area (Å²) in [5.74, 6) is -4.48. The Labute approximate surface area is 178 Å². The Morgan fingerprint density at radius 3 is 2.45 bits per heavy atom. The maximum atomic E-state index is 15.0. The van der Waals surface area contributed by atoms with Gasteiger partial charge in [0, 0.05) is 18.2 Å². The van der Waals surface area contributed by atoms with Crippen LogP contribution in [0.1, 0.15) is 51.0 Å². The molecule has 1 saturated heterocycles. The maximum Gasteiger partial charge on any atom is 0.279 e. The van der Waals surface area contributed by atoms with E-state index in [0.29, 0.717) is 12.8 Å². The fourth-order valence-corrected chi connectivity index (χ4v) is 3.82. The molecule has 0 saturated carbocycles. The molecule has 1 aromatic heterocycles. The number of amides is 2. The first kappa shape index (κ1) is 22.8. The molecule has 0 radical (unpaired) electrons. The summed E-state index contributed by atoms with van der Waals surface area (Å²) in [5.41, 5.74) is -0.678. The summed E-state index contributed by atoms with van der Waals surface area (Å²) >= 11 is 0. The number of hydrogen-bond acceptors (Lipinski definition) is 4. The van der Waals surface area contributed by atoms with Crippen LogP contribution in [-0.4, -0.2) is 40.5 Å². The van der Waals surface area contributed by atoms with Crippen LogP contribution in [0.5, 0.6) is 0 Å². The molecule has 0 aliphatic carbocycles. The molecule has 1 aliphatic heterocycles. The van der Waals surface area contributed by atoms with Crippen molar-refractivity contribution in [1.82, 2.24) is 15.4 Å². The van der Waals surface area contributed by atoms with Gasteiger partial charge in [-0.15, -0.1) is 0 Å². The normalized spacial score (nSPS) is 19.3. The number of carbonyl (C=O) groups excluding carboxylic acids is 2. The SMILES string of the molecule is CC(C)CC1CN(C(=O)c2noc(-c3ccc(F)c(F)c3)c2F)C(CC(C)C)C(=O)N1. The van der Waals surface area contributed by atoms with Crippen LogP contribution in [-0.2, 0) is 4.79 Å². The quantitative estimate of drug-likeness (QED) is 0.736. The summed E-state index contributed by atoms with van der Waals surface area (Å²) in [6.07, 6.45) is 1.06. The van der Waals surface area contributed by atoms with Crippen LogP contribution in [0.15, 0.2) is 22.7 Å². The largest absolute Gasteiger partial charge is 0.352 e. The molecule has 1 fully saturated rings. The highest BCUT2D eigenvalue weighted by Gasteiger charge is 2.40. The number of aromatic nitrogens is 1. The molecular formula is C22H26F3N3O3. The molecule has 0 spiro atoms. The van der Waals surface area contributed by atoms with E-state index in [0.717, 1.165) is 18.2 Å². The number of nitrogens with zero attached hydrogens (tertiary/aromatic N) is 2. The van der Waals surface area contributed by atoms with Crippen molar-refractivity contribution >= 4 is 11.8 Å². The molecule has 0 bridgehead atoms. The van der Waals surface area contributed by atoms with Gasteiger partial charge in [-0.2, -0.15) is 4.39 Å². The monoisotopic (exact) mass is 437 g/mol. The minimum Gasteiger partial charge on any atom is -0.352 e. The molecule has 168 valence electrons. The zero-order valence-electron chi connectivity index (χ0n) is 17.9. The second-order valence-electron chi connectivity index (χ2n) is 8.74. The third-order valence-corrected chi connectivity index (χ3v) is 5.17. The molecule has 2 heterocycles. The van der Waals surface area contributed by atoms with Crippen molar-refractivity contribution in [3.05, 3.63) is 41.3 Å². The van der Waals surface area contributed by atoms with Crippen molar-refractivity contribution < 1.29 is 27.3 Å². The van der Waals surface area contributed by atoms with Gasteiger partial charge in [-0.1, -0.05) is 32.9 Å². The van der Waals surface area contributed by atoms with Gasteiger partial charge >= 0.3 is 0 Å². The minimum absolute atomic E-state index is 0.0873. The lowest BCUT2D eigenvalue weighted by Gasteiger charge is -2.40. The van der Waals surface area contributed by atoms with Crippen LogP contribution in [0, 0.1) is 29.3 Å². The van der Waals surface area contributed by atoms with Crippen molar-refractivity contribution in [1.29, 1.82) is 0 Å². The van der Waals surface area contributed by atoms with E-state index in [2.05, 4.69) is 10.5 Å². The first-order valence-electron chi connectivity index (χ1n) is 10.3. The van der Waals surface area contributed by atoms with Gasteiger partial charge < -0.3 is 14.7 Å². The van der Waals surface area contributed by atoms with Gasteiger partial charge in [0.15, 0.2) is 11.6 Å². The van der Waals surface area contributed by atoms with Crippen LogP contribution in [0.2, 0.25) is 0 Å². The van der Waals surface area contributed by atoms with Crippen LogP contribution in [0.3, 0.4) is 0 Å². The topological polar surface area (TPSA) is 75.4 Å². The Morgan fingerprint density at radius 2 is 1.84 bits per heavy atom. The maximum absolute atomic E-state index is 15.0. The number of hydrogen-bond donors (Lipinski definition) is 1. The van der Waals surface area contributed by atoms with E-state index in [1.807, 2.05) is 27.7 Å². The first-order valence-corrected chi connectivity index (χ1v) is 10.3. The smallest absolute Gasteiger partial charge is 0.279 e. The van der Waals surface area contributed by atoms with Crippen molar-refractivity contribution in [3.63, 3.8) is 0 Å². The molecule has 1 aliphatic rings. The molecule has 1 aromatic carbocycles. The molecule has 2 amide bonds. The zero-order chi connectivity index (χ0) is 22.9. The lowest BCUT2D eigenvalue weighted by Crippen LogP contribution is -2.62. The number of rotatable bonds is 6. The Bertz CT molecular complexity index is 974. The van der Waals surface area contributed by atoms with Crippen molar-refractivity contribution in [2.24, 2.45) is 11.8 Å². The highest BCUT2D eigenvalue weighted by molar-refractivity contribution is 5.97. The molecule has 2 atom stereocenters. The highest BCUT2D eigenvalue weighted by atomic mass is 19.2. The average molecular weight is 437 g/mol. The average Bonchev–Trinajstić information content (AvgIpc) is 3.06. The first-order chi connectivity index (χ1) is 14.6. The van der Waals surface area contributed by atoms with Crippen LogP contribution < -0.4 is 5.32 Å². The van der Waals surface area contributed by atoms with Gasteiger partial charge in [0.1, 0.15) is 6.04 Å². The number of halogens is 3. The lowest BCUT2D eigenvalue weighted by atomic mass is 9.94. The molecular weight excluding hydrogens is 411 g/mol. The number of piperazine rings is 1. The number of carbonyl (C=O) groups is 2. The van der Waals surface area contributed by atoms with E-state index >= 15 is 4.39 Å². The van der Waals surface area contributed by atoms with Gasteiger partial charge in [-0.05, 0) is 42.9 Å².